The smallest absolute Gasteiger partial charge is 0.462 e. The minimum absolute atomic E-state index is 0.188. The summed E-state index contributed by atoms with van der Waals surface area (Å²) in [6.07, 6.45) is 2.24. The molecule has 0 aromatic carbocycles. The summed E-state index contributed by atoms with van der Waals surface area (Å²) in [6.45, 7) is 4.40. The van der Waals surface area contributed by atoms with E-state index in [-0.39, 0.29) is 23.6 Å². The van der Waals surface area contributed by atoms with Gasteiger partial charge < -0.3 is 18.9 Å². The molecule has 126 valence electrons. The lowest BCUT2D eigenvalue weighted by Crippen LogP contribution is -2.48. The monoisotopic (exact) mass is 324 g/mol. The number of esters is 2. The van der Waals surface area contributed by atoms with E-state index in [0.717, 1.165) is 19.3 Å². The molecule has 4 rings (SSSR count). The van der Waals surface area contributed by atoms with Crippen molar-refractivity contribution in [2.24, 2.45) is 11.8 Å². The van der Waals surface area contributed by atoms with Gasteiger partial charge in [0.2, 0.25) is 6.79 Å². The molecule has 2 aliphatic carbocycles. The molecule has 0 spiro atoms. The Kier molecular flexibility index (Phi) is 4.04. The molecule has 2 saturated carbocycles. The molecule has 0 radical (unpaired) electrons. The number of rotatable bonds is 4. The zero-order valence-corrected chi connectivity index (χ0v) is 13.0. The standard InChI is InChI=1S/C16H20O7/c1-9(2)13(17)20-8-21-15(19)23-16-5-10-3-11(6-16)14(18)22-12(4-10)7-16/h10-12H,1,3-8H2,2H3. The van der Waals surface area contributed by atoms with Crippen LogP contribution in [0.25, 0.3) is 0 Å². The molecule has 4 unspecified atom stereocenters. The number of carbonyl (C=O) groups excluding carboxylic acids is 3. The third kappa shape index (κ3) is 3.33. The fourth-order valence-electron chi connectivity index (χ4n) is 3.96. The van der Waals surface area contributed by atoms with Crippen LogP contribution in [-0.2, 0) is 28.5 Å². The van der Waals surface area contributed by atoms with Crippen molar-refractivity contribution in [2.75, 3.05) is 6.79 Å². The topological polar surface area (TPSA) is 88.1 Å². The highest BCUT2D eigenvalue weighted by molar-refractivity contribution is 5.86. The summed E-state index contributed by atoms with van der Waals surface area (Å²) in [7, 11) is 0. The highest BCUT2D eigenvalue weighted by Crippen LogP contribution is 2.51. The Balaban J connectivity index is 1.57. The van der Waals surface area contributed by atoms with Crippen molar-refractivity contribution in [3.05, 3.63) is 12.2 Å². The van der Waals surface area contributed by atoms with E-state index in [2.05, 4.69) is 6.58 Å². The van der Waals surface area contributed by atoms with E-state index in [4.69, 9.17) is 18.9 Å². The summed E-state index contributed by atoms with van der Waals surface area (Å²) in [5.74, 6) is -0.710. The highest BCUT2D eigenvalue weighted by atomic mass is 16.8. The van der Waals surface area contributed by atoms with Crippen LogP contribution in [0.3, 0.4) is 0 Å². The largest absolute Gasteiger partial charge is 0.511 e. The lowest BCUT2D eigenvalue weighted by Gasteiger charge is -2.44. The molecule has 7 heteroatoms. The molecule has 2 aliphatic heterocycles. The van der Waals surface area contributed by atoms with E-state index in [1.807, 2.05) is 0 Å². The lowest BCUT2D eigenvalue weighted by molar-refractivity contribution is -0.153. The summed E-state index contributed by atoms with van der Waals surface area (Å²) in [4.78, 5) is 35.0. The van der Waals surface area contributed by atoms with Gasteiger partial charge in [0.05, 0.1) is 5.92 Å². The summed E-state index contributed by atoms with van der Waals surface area (Å²) in [5, 5.41) is 0. The van der Waals surface area contributed by atoms with Crippen LogP contribution in [0.5, 0.6) is 0 Å². The Hall–Kier alpha value is -2.05. The van der Waals surface area contributed by atoms with Gasteiger partial charge in [-0.15, -0.1) is 0 Å². The molecule has 4 fully saturated rings. The summed E-state index contributed by atoms with van der Waals surface area (Å²) < 4.78 is 20.4. The van der Waals surface area contributed by atoms with E-state index in [1.54, 1.807) is 0 Å². The van der Waals surface area contributed by atoms with Crippen molar-refractivity contribution in [2.45, 2.75) is 50.7 Å². The quantitative estimate of drug-likeness (QED) is 0.338. The van der Waals surface area contributed by atoms with Crippen LogP contribution in [0.2, 0.25) is 0 Å². The minimum Gasteiger partial charge on any atom is -0.462 e. The maximum Gasteiger partial charge on any atom is 0.511 e. The van der Waals surface area contributed by atoms with Gasteiger partial charge in [0.25, 0.3) is 0 Å². The van der Waals surface area contributed by atoms with Crippen LogP contribution >= 0.6 is 0 Å². The average molecular weight is 324 g/mol. The number of ether oxygens (including phenoxy) is 4. The van der Waals surface area contributed by atoms with E-state index in [9.17, 15) is 14.4 Å². The van der Waals surface area contributed by atoms with Crippen LogP contribution in [0.15, 0.2) is 12.2 Å². The molecule has 2 heterocycles. The van der Waals surface area contributed by atoms with E-state index in [1.165, 1.54) is 6.92 Å². The van der Waals surface area contributed by atoms with Crippen molar-refractivity contribution >= 4 is 18.1 Å². The van der Waals surface area contributed by atoms with Gasteiger partial charge in [0.15, 0.2) is 0 Å². The van der Waals surface area contributed by atoms with Crippen molar-refractivity contribution in [1.29, 1.82) is 0 Å². The first kappa shape index (κ1) is 15.8. The fourth-order valence-corrected chi connectivity index (χ4v) is 3.96. The molecule has 0 aromatic rings. The van der Waals surface area contributed by atoms with Gasteiger partial charge >= 0.3 is 18.1 Å². The van der Waals surface area contributed by atoms with Crippen LogP contribution in [-0.4, -0.2) is 36.6 Å². The number of hydrogen-bond donors (Lipinski definition) is 0. The Morgan fingerprint density at radius 1 is 1.26 bits per heavy atom. The van der Waals surface area contributed by atoms with Gasteiger partial charge in [-0.3, -0.25) is 4.79 Å². The average Bonchev–Trinajstić information content (AvgIpc) is 2.60. The molecule has 0 N–H and O–H groups in total. The maximum atomic E-state index is 11.9. The third-order valence-electron chi connectivity index (χ3n) is 4.72. The van der Waals surface area contributed by atoms with Crippen molar-refractivity contribution in [3.63, 3.8) is 0 Å². The normalized spacial score (nSPS) is 34.3. The van der Waals surface area contributed by atoms with Crippen molar-refractivity contribution < 1.29 is 33.3 Å². The van der Waals surface area contributed by atoms with Crippen LogP contribution in [0.1, 0.15) is 39.0 Å². The van der Waals surface area contributed by atoms with Crippen LogP contribution in [0, 0.1) is 11.8 Å². The highest BCUT2D eigenvalue weighted by Gasteiger charge is 2.55. The first-order valence-corrected chi connectivity index (χ1v) is 7.76. The Morgan fingerprint density at radius 2 is 2.04 bits per heavy atom. The molecule has 7 nitrogen and oxygen atoms in total. The Bertz CT molecular complexity index is 555. The number of hydrogen-bond acceptors (Lipinski definition) is 7. The molecule has 2 saturated heterocycles. The summed E-state index contributed by atoms with van der Waals surface area (Å²) in [6, 6.07) is 0. The molecular weight excluding hydrogens is 304 g/mol. The SMILES string of the molecule is C=C(C)C(=O)OCOC(=O)OC12CC3CC(C1)OC(=O)C(C3)C2. The summed E-state index contributed by atoms with van der Waals surface area (Å²) in [5.41, 5.74) is -0.492. The zero-order chi connectivity index (χ0) is 16.6. The number of carbonyl (C=O) groups is 3. The predicted octanol–water partition coefficient (Wildman–Crippen LogP) is 2.09. The van der Waals surface area contributed by atoms with Gasteiger partial charge in [-0.25, -0.2) is 9.59 Å². The maximum absolute atomic E-state index is 11.9. The van der Waals surface area contributed by atoms with Gasteiger partial charge in [-0.2, -0.15) is 0 Å². The lowest BCUT2D eigenvalue weighted by atomic mass is 9.65. The first-order chi connectivity index (χ1) is 10.9. The summed E-state index contributed by atoms with van der Waals surface area (Å²) >= 11 is 0. The molecule has 23 heavy (non-hydrogen) atoms. The van der Waals surface area contributed by atoms with E-state index < -0.39 is 24.5 Å². The Labute approximate surface area is 133 Å². The van der Waals surface area contributed by atoms with Crippen LogP contribution in [0.4, 0.5) is 4.79 Å². The van der Waals surface area contributed by atoms with Gasteiger partial charge in [0, 0.05) is 18.4 Å². The molecular formula is C16H20O7. The Morgan fingerprint density at radius 3 is 2.78 bits per heavy atom. The minimum atomic E-state index is -0.895. The van der Waals surface area contributed by atoms with Crippen molar-refractivity contribution in [1.82, 2.24) is 0 Å². The van der Waals surface area contributed by atoms with E-state index in [0.29, 0.717) is 18.8 Å². The van der Waals surface area contributed by atoms with E-state index >= 15 is 0 Å². The zero-order valence-electron chi connectivity index (χ0n) is 13.0. The second-order valence-electron chi connectivity index (χ2n) is 6.72. The van der Waals surface area contributed by atoms with Crippen LogP contribution < -0.4 is 0 Å². The molecule has 0 amide bonds. The predicted molar refractivity (Wildman–Crippen MR) is 76.0 cm³/mol. The molecule has 4 aliphatic rings. The first-order valence-electron chi connectivity index (χ1n) is 7.76. The third-order valence-corrected chi connectivity index (χ3v) is 4.72. The van der Waals surface area contributed by atoms with Gasteiger partial charge in [-0.05, 0) is 32.1 Å². The molecule has 4 bridgehead atoms. The second-order valence-corrected chi connectivity index (χ2v) is 6.72. The number of fused-ring (bicyclic) bond motifs is 1. The fraction of sp³-hybridized carbons (Fsp3) is 0.688. The van der Waals surface area contributed by atoms with Crippen molar-refractivity contribution in [3.8, 4) is 0 Å². The van der Waals surface area contributed by atoms with Gasteiger partial charge in [0.1, 0.15) is 11.7 Å². The van der Waals surface area contributed by atoms with Gasteiger partial charge in [-0.1, -0.05) is 6.58 Å². The second kappa shape index (κ2) is 5.86. The molecule has 4 atom stereocenters. The molecule has 0 aromatic heterocycles.